The summed E-state index contributed by atoms with van der Waals surface area (Å²) in [6.07, 6.45) is -3.41. The van der Waals surface area contributed by atoms with Crippen LogP contribution in [0.4, 0.5) is 13.2 Å². The average molecular weight is 499 g/mol. The number of nitrogens with one attached hydrogen (secondary N) is 2. The van der Waals surface area contributed by atoms with Crippen LogP contribution in [-0.4, -0.2) is 32.3 Å². The van der Waals surface area contributed by atoms with E-state index < -0.39 is 12.8 Å². The lowest BCUT2D eigenvalue weighted by atomic mass is 10.2. The molecule has 0 atom stereocenters. The highest BCUT2D eigenvalue weighted by molar-refractivity contribution is 14.0. The van der Waals surface area contributed by atoms with E-state index in [1.54, 1.807) is 30.5 Å². The molecule has 0 radical (unpaired) electrons. The number of ether oxygens (including phenoxy) is 1. The monoisotopic (exact) mass is 499 g/mol. The molecule has 0 aliphatic heterocycles. The molecule has 0 bridgehead atoms. The van der Waals surface area contributed by atoms with Gasteiger partial charge in [-0.15, -0.1) is 35.3 Å². The molecule has 0 amide bonds. The first kappa shape index (κ1) is 22.6. The van der Waals surface area contributed by atoms with Crippen LogP contribution < -0.4 is 15.4 Å². The van der Waals surface area contributed by atoms with E-state index in [0.717, 1.165) is 18.5 Å². The van der Waals surface area contributed by atoms with Gasteiger partial charge < -0.3 is 15.4 Å². The van der Waals surface area contributed by atoms with Crippen molar-refractivity contribution in [2.75, 3.05) is 20.2 Å². The lowest BCUT2D eigenvalue weighted by molar-refractivity contribution is -0.153. The summed E-state index contributed by atoms with van der Waals surface area (Å²) in [5, 5.41) is 8.43. The van der Waals surface area contributed by atoms with Gasteiger partial charge >= 0.3 is 6.18 Å². The van der Waals surface area contributed by atoms with E-state index in [9.17, 15) is 13.2 Å². The Morgan fingerprint density at radius 2 is 1.88 bits per heavy atom. The molecule has 0 spiro atoms. The van der Waals surface area contributed by atoms with Crippen molar-refractivity contribution in [2.45, 2.75) is 19.1 Å². The molecule has 9 heteroatoms. The van der Waals surface area contributed by atoms with E-state index in [1.165, 1.54) is 17.0 Å². The van der Waals surface area contributed by atoms with Crippen LogP contribution in [0, 0.1) is 0 Å². The Labute approximate surface area is 171 Å². The number of hydrogen-bond acceptors (Lipinski definition) is 3. The lowest BCUT2D eigenvalue weighted by Gasteiger charge is -2.12. The highest BCUT2D eigenvalue weighted by Crippen LogP contribution is 2.18. The second kappa shape index (κ2) is 11.3. The van der Waals surface area contributed by atoms with Crippen molar-refractivity contribution in [1.82, 2.24) is 10.6 Å². The zero-order valence-electron chi connectivity index (χ0n) is 14.2. The number of halogens is 4. The first-order chi connectivity index (χ1) is 12.0. The molecule has 0 saturated carbocycles. The summed E-state index contributed by atoms with van der Waals surface area (Å²) in [5.41, 5.74) is 0.917. The van der Waals surface area contributed by atoms with Gasteiger partial charge in [-0.25, -0.2) is 0 Å². The van der Waals surface area contributed by atoms with E-state index in [0.29, 0.717) is 12.5 Å². The topological polar surface area (TPSA) is 45.7 Å². The maximum absolute atomic E-state index is 12.1. The Kier molecular flexibility index (Phi) is 9.78. The Balaban J connectivity index is 0.00000338. The van der Waals surface area contributed by atoms with E-state index in [4.69, 9.17) is 0 Å². The minimum absolute atomic E-state index is 0. The van der Waals surface area contributed by atoms with Gasteiger partial charge in [-0.1, -0.05) is 18.2 Å². The highest BCUT2D eigenvalue weighted by Gasteiger charge is 2.28. The average Bonchev–Trinajstić information content (AvgIpc) is 3.10. The number of alkyl halides is 3. The van der Waals surface area contributed by atoms with Crippen molar-refractivity contribution in [2.24, 2.45) is 4.99 Å². The van der Waals surface area contributed by atoms with Crippen molar-refractivity contribution in [3.63, 3.8) is 0 Å². The van der Waals surface area contributed by atoms with Gasteiger partial charge in [-0.3, -0.25) is 4.99 Å². The fourth-order valence-electron chi connectivity index (χ4n) is 2.03. The van der Waals surface area contributed by atoms with Gasteiger partial charge in [0.15, 0.2) is 12.6 Å². The van der Waals surface area contributed by atoms with Crippen molar-refractivity contribution >= 4 is 41.3 Å². The Morgan fingerprint density at radius 1 is 1.15 bits per heavy atom. The van der Waals surface area contributed by atoms with Gasteiger partial charge in [0.05, 0.1) is 0 Å². The number of guanidine groups is 1. The van der Waals surface area contributed by atoms with Gasteiger partial charge in [0.2, 0.25) is 0 Å². The van der Waals surface area contributed by atoms with E-state index in [1.807, 2.05) is 11.4 Å². The van der Waals surface area contributed by atoms with Gasteiger partial charge in [0.25, 0.3) is 0 Å². The first-order valence-corrected chi connectivity index (χ1v) is 8.59. The second-order valence-electron chi connectivity index (χ2n) is 5.23. The van der Waals surface area contributed by atoms with Crippen LogP contribution in [0.2, 0.25) is 0 Å². The normalized spacial score (nSPS) is 11.6. The third-order valence-corrected chi connectivity index (χ3v) is 4.19. The summed E-state index contributed by atoms with van der Waals surface area (Å²) < 4.78 is 41.0. The highest BCUT2D eigenvalue weighted by atomic mass is 127. The maximum atomic E-state index is 12.1. The molecule has 0 unspecified atom stereocenters. The van der Waals surface area contributed by atoms with Gasteiger partial charge in [0, 0.05) is 25.0 Å². The molecule has 0 aliphatic carbocycles. The van der Waals surface area contributed by atoms with Crippen LogP contribution >= 0.6 is 35.3 Å². The van der Waals surface area contributed by atoms with Crippen LogP contribution in [0.25, 0.3) is 0 Å². The van der Waals surface area contributed by atoms with Crippen molar-refractivity contribution in [3.05, 3.63) is 52.2 Å². The van der Waals surface area contributed by atoms with Crippen LogP contribution in [0.3, 0.4) is 0 Å². The summed E-state index contributed by atoms with van der Waals surface area (Å²) in [6.45, 7) is -0.00592. The van der Waals surface area contributed by atoms with E-state index in [2.05, 4.69) is 26.4 Å². The number of hydrogen-bond donors (Lipinski definition) is 2. The smallest absolute Gasteiger partial charge is 0.422 e. The fourth-order valence-corrected chi connectivity index (χ4v) is 2.74. The minimum atomic E-state index is -4.33. The van der Waals surface area contributed by atoms with Crippen LogP contribution in [0.1, 0.15) is 10.4 Å². The zero-order valence-corrected chi connectivity index (χ0v) is 17.3. The van der Waals surface area contributed by atoms with Gasteiger partial charge in [-0.2, -0.15) is 13.2 Å². The lowest BCUT2D eigenvalue weighted by Crippen LogP contribution is -2.37. The first-order valence-electron chi connectivity index (χ1n) is 7.71. The molecule has 4 nitrogen and oxygen atoms in total. The molecule has 144 valence electrons. The number of benzene rings is 1. The van der Waals surface area contributed by atoms with Crippen LogP contribution in [-0.2, 0) is 13.0 Å². The molecule has 2 N–H and O–H groups in total. The molecular weight excluding hydrogens is 478 g/mol. The molecule has 0 fully saturated rings. The standard InChI is InChI=1S/C17H20F3N3OS.HI/c1-21-16(22-9-8-15-3-2-10-25-15)23-11-13-4-6-14(7-5-13)24-12-17(18,19)20;/h2-7,10H,8-9,11-12H2,1H3,(H2,21,22,23);1H. The SMILES string of the molecule is CN=C(NCCc1cccs1)NCc1ccc(OCC(F)(F)F)cc1.I. The number of aliphatic imine (C=N–C) groups is 1. The molecule has 2 rings (SSSR count). The summed E-state index contributed by atoms with van der Waals surface area (Å²) in [7, 11) is 1.69. The van der Waals surface area contributed by atoms with Crippen molar-refractivity contribution in [3.8, 4) is 5.75 Å². The molecule has 0 aliphatic rings. The molecule has 26 heavy (non-hydrogen) atoms. The minimum Gasteiger partial charge on any atom is -0.484 e. The van der Waals surface area contributed by atoms with Crippen LogP contribution in [0.15, 0.2) is 46.8 Å². The predicted molar refractivity (Wildman–Crippen MR) is 110 cm³/mol. The number of rotatable bonds is 7. The molecule has 1 aromatic carbocycles. The fraction of sp³-hybridized carbons (Fsp3) is 0.353. The van der Waals surface area contributed by atoms with Crippen LogP contribution in [0.5, 0.6) is 5.75 Å². The van der Waals surface area contributed by atoms with E-state index >= 15 is 0 Å². The Morgan fingerprint density at radius 3 is 2.46 bits per heavy atom. The third kappa shape index (κ3) is 8.75. The summed E-state index contributed by atoms with van der Waals surface area (Å²) >= 11 is 1.72. The molecule has 2 aromatic rings. The molecule has 1 aromatic heterocycles. The summed E-state index contributed by atoms with van der Waals surface area (Å²) in [5.74, 6) is 0.869. The largest absolute Gasteiger partial charge is 0.484 e. The molecule has 1 heterocycles. The van der Waals surface area contributed by atoms with E-state index in [-0.39, 0.29) is 29.7 Å². The predicted octanol–water partition coefficient (Wildman–Crippen LogP) is 4.21. The summed E-state index contributed by atoms with van der Waals surface area (Å²) in [4.78, 5) is 5.45. The molecular formula is C17H21F3IN3OS. The number of nitrogens with zero attached hydrogens (tertiary/aromatic N) is 1. The zero-order chi connectivity index (χ0) is 18.1. The van der Waals surface area contributed by atoms with Gasteiger partial charge in [-0.05, 0) is 35.6 Å². The second-order valence-corrected chi connectivity index (χ2v) is 6.26. The summed E-state index contributed by atoms with van der Waals surface area (Å²) in [6, 6.07) is 10.6. The third-order valence-electron chi connectivity index (χ3n) is 3.25. The number of thiophene rings is 1. The van der Waals surface area contributed by atoms with Crippen molar-refractivity contribution in [1.29, 1.82) is 0 Å². The quantitative estimate of drug-likeness (QED) is 0.341. The molecule has 0 saturated heterocycles. The Bertz CT molecular complexity index is 661. The van der Waals surface area contributed by atoms with Crippen molar-refractivity contribution < 1.29 is 17.9 Å². The maximum Gasteiger partial charge on any atom is 0.422 e. The Hall–Kier alpha value is -1.49. The van der Waals surface area contributed by atoms with Gasteiger partial charge in [0.1, 0.15) is 5.75 Å².